The third-order valence-electron chi connectivity index (χ3n) is 3.21. The lowest BCUT2D eigenvalue weighted by Gasteiger charge is -2.22. The number of methoxy groups -OCH3 is 1. The van der Waals surface area contributed by atoms with Crippen LogP contribution in [0.25, 0.3) is 10.4 Å². The molecular formula is C17H23N3OS. The Labute approximate surface area is 136 Å². The van der Waals surface area contributed by atoms with Crippen molar-refractivity contribution in [3.05, 3.63) is 41.3 Å². The Kier molecular flexibility index (Phi) is 5.44. The van der Waals surface area contributed by atoms with Gasteiger partial charge in [-0.05, 0) is 42.0 Å². The molecule has 2 aromatic rings. The molecule has 1 heterocycles. The highest BCUT2D eigenvalue weighted by Gasteiger charge is 2.06. The molecule has 2 rings (SSSR count). The van der Waals surface area contributed by atoms with E-state index < -0.39 is 0 Å². The van der Waals surface area contributed by atoms with Gasteiger partial charge in [0.25, 0.3) is 0 Å². The van der Waals surface area contributed by atoms with Crippen LogP contribution in [-0.4, -0.2) is 51.1 Å². The molecule has 0 fully saturated rings. The maximum absolute atomic E-state index is 5.20. The van der Waals surface area contributed by atoms with Gasteiger partial charge in [0, 0.05) is 37.9 Å². The van der Waals surface area contributed by atoms with Crippen LogP contribution < -0.4 is 4.74 Å². The van der Waals surface area contributed by atoms with Gasteiger partial charge in [0.05, 0.1) is 13.7 Å². The van der Waals surface area contributed by atoms with Crippen LogP contribution >= 0.6 is 11.3 Å². The number of hydrogen-bond acceptors (Lipinski definition) is 3. The summed E-state index contributed by atoms with van der Waals surface area (Å²) < 4.78 is 5.20. The van der Waals surface area contributed by atoms with Crippen molar-refractivity contribution < 1.29 is 4.74 Å². The van der Waals surface area contributed by atoms with Crippen molar-refractivity contribution in [3.63, 3.8) is 0 Å². The molecule has 22 heavy (non-hydrogen) atoms. The topological polar surface area (TPSA) is 28.1 Å². The van der Waals surface area contributed by atoms with Crippen molar-refractivity contribution in [1.82, 2.24) is 9.80 Å². The van der Waals surface area contributed by atoms with Crippen LogP contribution in [0.2, 0.25) is 0 Å². The first-order chi connectivity index (χ1) is 10.5. The van der Waals surface area contributed by atoms with Crippen molar-refractivity contribution in [2.24, 2.45) is 4.99 Å². The van der Waals surface area contributed by atoms with E-state index in [9.17, 15) is 0 Å². The Morgan fingerprint density at radius 2 is 1.64 bits per heavy atom. The zero-order valence-corrected chi connectivity index (χ0v) is 14.6. The fraction of sp³-hybridized carbons (Fsp3) is 0.353. The summed E-state index contributed by atoms with van der Waals surface area (Å²) in [6, 6.07) is 12.5. The lowest BCUT2D eigenvalue weighted by Crippen LogP contribution is -2.35. The fourth-order valence-electron chi connectivity index (χ4n) is 2.20. The number of ether oxygens (including phenoxy) is 1. The molecule has 0 bridgehead atoms. The predicted molar refractivity (Wildman–Crippen MR) is 94.8 cm³/mol. The quantitative estimate of drug-likeness (QED) is 0.639. The second-order valence-corrected chi connectivity index (χ2v) is 6.57. The Morgan fingerprint density at radius 1 is 1.00 bits per heavy atom. The van der Waals surface area contributed by atoms with E-state index in [2.05, 4.69) is 29.3 Å². The van der Waals surface area contributed by atoms with E-state index in [1.54, 1.807) is 18.4 Å². The van der Waals surface area contributed by atoms with Gasteiger partial charge in [0.2, 0.25) is 0 Å². The number of rotatable bonds is 4. The Hall–Kier alpha value is -2.01. The van der Waals surface area contributed by atoms with Gasteiger partial charge in [0.1, 0.15) is 5.75 Å². The van der Waals surface area contributed by atoms with Crippen LogP contribution in [0.4, 0.5) is 0 Å². The summed E-state index contributed by atoms with van der Waals surface area (Å²) in [5, 5.41) is 0. The molecule has 0 aliphatic heterocycles. The first-order valence-corrected chi connectivity index (χ1v) is 7.95. The van der Waals surface area contributed by atoms with Gasteiger partial charge in [-0.15, -0.1) is 11.3 Å². The van der Waals surface area contributed by atoms with E-state index in [0.717, 1.165) is 11.7 Å². The normalized spacial score (nSPS) is 10.2. The first-order valence-electron chi connectivity index (χ1n) is 7.13. The van der Waals surface area contributed by atoms with Gasteiger partial charge in [-0.2, -0.15) is 0 Å². The molecule has 0 saturated heterocycles. The minimum Gasteiger partial charge on any atom is -0.497 e. The number of aliphatic imine (C=N–C) groups is 1. The molecule has 0 N–H and O–H groups in total. The first kappa shape index (κ1) is 16.4. The Morgan fingerprint density at radius 3 is 2.18 bits per heavy atom. The van der Waals surface area contributed by atoms with E-state index in [4.69, 9.17) is 4.74 Å². The molecule has 0 atom stereocenters. The minimum atomic E-state index is 0.701. The number of nitrogens with zero attached hydrogens (tertiary/aromatic N) is 3. The molecule has 0 aliphatic carbocycles. The fourth-order valence-corrected chi connectivity index (χ4v) is 3.14. The van der Waals surface area contributed by atoms with Crippen LogP contribution in [0, 0.1) is 0 Å². The minimum absolute atomic E-state index is 0.701. The van der Waals surface area contributed by atoms with Gasteiger partial charge in [-0.3, -0.25) is 0 Å². The maximum atomic E-state index is 5.20. The maximum Gasteiger partial charge on any atom is 0.195 e. The predicted octanol–water partition coefficient (Wildman–Crippen LogP) is 3.40. The lowest BCUT2D eigenvalue weighted by atomic mass is 10.2. The molecule has 0 amide bonds. The van der Waals surface area contributed by atoms with Crippen LogP contribution in [0.3, 0.4) is 0 Å². The van der Waals surface area contributed by atoms with E-state index in [1.165, 1.54) is 15.3 Å². The number of thiophene rings is 1. The van der Waals surface area contributed by atoms with E-state index >= 15 is 0 Å². The van der Waals surface area contributed by atoms with Crippen molar-refractivity contribution in [2.45, 2.75) is 6.54 Å². The molecule has 1 aromatic heterocycles. The average Bonchev–Trinajstić information content (AvgIpc) is 2.95. The monoisotopic (exact) mass is 317 g/mol. The van der Waals surface area contributed by atoms with Gasteiger partial charge < -0.3 is 14.5 Å². The largest absolute Gasteiger partial charge is 0.497 e. The highest BCUT2D eigenvalue weighted by atomic mass is 32.1. The van der Waals surface area contributed by atoms with Crippen LogP contribution in [0.5, 0.6) is 5.75 Å². The van der Waals surface area contributed by atoms with Crippen molar-refractivity contribution in [3.8, 4) is 16.2 Å². The van der Waals surface area contributed by atoms with Crippen molar-refractivity contribution in [1.29, 1.82) is 0 Å². The van der Waals surface area contributed by atoms with Gasteiger partial charge in [-0.25, -0.2) is 4.99 Å². The van der Waals surface area contributed by atoms with Crippen LogP contribution in [-0.2, 0) is 6.54 Å². The van der Waals surface area contributed by atoms with E-state index in [1.807, 2.05) is 50.1 Å². The lowest BCUT2D eigenvalue weighted by molar-refractivity contribution is 0.415. The molecule has 0 saturated carbocycles. The highest BCUT2D eigenvalue weighted by molar-refractivity contribution is 7.15. The number of benzene rings is 1. The smallest absolute Gasteiger partial charge is 0.195 e. The summed E-state index contributed by atoms with van der Waals surface area (Å²) in [6.07, 6.45) is 0. The molecule has 0 radical (unpaired) electrons. The Balaban J connectivity index is 2.12. The second kappa shape index (κ2) is 7.31. The zero-order valence-electron chi connectivity index (χ0n) is 13.8. The number of guanidine groups is 1. The summed E-state index contributed by atoms with van der Waals surface area (Å²) in [4.78, 5) is 11.2. The summed E-state index contributed by atoms with van der Waals surface area (Å²) in [6.45, 7) is 0.701. The van der Waals surface area contributed by atoms with Gasteiger partial charge in [0.15, 0.2) is 5.96 Å². The van der Waals surface area contributed by atoms with Crippen LogP contribution in [0.1, 0.15) is 4.88 Å². The summed E-state index contributed by atoms with van der Waals surface area (Å²) in [5.41, 5.74) is 1.21. The average molecular weight is 317 g/mol. The van der Waals surface area contributed by atoms with E-state index in [-0.39, 0.29) is 0 Å². The molecular weight excluding hydrogens is 294 g/mol. The molecule has 4 nitrogen and oxygen atoms in total. The van der Waals surface area contributed by atoms with Gasteiger partial charge >= 0.3 is 0 Å². The zero-order chi connectivity index (χ0) is 16.1. The summed E-state index contributed by atoms with van der Waals surface area (Å²) >= 11 is 1.78. The third-order valence-corrected chi connectivity index (χ3v) is 4.33. The second-order valence-electron chi connectivity index (χ2n) is 5.40. The summed E-state index contributed by atoms with van der Waals surface area (Å²) in [7, 11) is 9.72. The molecule has 0 aliphatic rings. The van der Waals surface area contributed by atoms with Crippen molar-refractivity contribution in [2.75, 3.05) is 35.3 Å². The third kappa shape index (κ3) is 4.01. The number of hydrogen-bond donors (Lipinski definition) is 0. The molecule has 5 heteroatoms. The van der Waals surface area contributed by atoms with Crippen LogP contribution in [0.15, 0.2) is 41.4 Å². The highest BCUT2D eigenvalue weighted by Crippen LogP contribution is 2.29. The summed E-state index contributed by atoms with van der Waals surface area (Å²) in [5.74, 6) is 1.85. The van der Waals surface area contributed by atoms with Gasteiger partial charge in [-0.1, -0.05) is 0 Å². The molecule has 1 aromatic carbocycles. The molecule has 0 spiro atoms. The van der Waals surface area contributed by atoms with E-state index in [0.29, 0.717) is 6.54 Å². The standard InChI is InChI=1S/C17H23N3OS/c1-19(2)17(20(3)4)18-12-15-10-11-16(22-15)13-6-8-14(21-5)9-7-13/h6-11H,12H2,1-5H3. The SMILES string of the molecule is COc1ccc(-c2ccc(CN=C(N(C)C)N(C)C)s2)cc1. The Bertz CT molecular complexity index is 620. The molecule has 118 valence electrons. The van der Waals surface area contributed by atoms with Crippen molar-refractivity contribution >= 4 is 17.3 Å². The molecule has 0 unspecified atom stereocenters.